The Balaban J connectivity index is 1.67. The Hall–Kier alpha value is -1.61. The fourth-order valence-corrected chi connectivity index (χ4v) is 2.17. The molecule has 0 saturated heterocycles. The minimum Gasteiger partial charge on any atom is -0.489 e. The highest BCUT2D eigenvalue weighted by molar-refractivity contribution is 5.79. The van der Waals surface area contributed by atoms with Crippen LogP contribution in [0.1, 0.15) is 26.2 Å². The van der Waals surface area contributed by atoms with Crippen LogP contribution in [0, 0.1) is 0 Å². The van der Waals surface area contributed by atoms with Gasteiger partial charge in [-0.05, 0) is 37.5 Å². The predicted octanol–water partition coefficient (Wildman–Crippen LogP) is 3.14. The van der Waals surface area contributed by atoms with E-state index in [0.29, 0.717) is 0 Å². The highest BCUT2D eigenvalue weighted by atomic mass is 16.5. The Morgan fingerprint density at radius 3 is 3.05 bits per heavy atom. The Bertz CT molecular complexity index is 551. The van der Waals surface area contributed by atoms with Gasteiger partial charge in [-0.15, -0.1) is 0 Å². The van der Waals surface area contributed by atoms with E-state index < -0.39 is 0 Å². The van der Waals surface area contributed by atoms with Crippen LogP contribution in [0.2, 0.25) is 0 Å². The van der Waals surface area contributed by atoms with Gasteiger partial charge < -0.3 is 10.1 Å². The lowest BCUT2D eigenvalue weighted by Crippen LogP contribution is -2.32. The molecule has 1 aliphatic carbocycles. The molecule has 1 saturated carbocycles. The molecule has 0 bridgehead atoms. The van der Waals surface area contributed by atoms with Crippen LogP contribution in [-0.2, 0) is 0 Å². The zero-order valence-electron chi connectivity index (χ0n) is 11.3. The second kappa shape index (κ2) is 5.57. The van der Waals surface area contributed by atoms with Crippen molar-refractivity contribution in [2.75, 3.05) is 6.54 Å². The Labute approximate surface area is 114 Å². The molecule has 3 nitrogen and oxygen atoms in total. The van der Waals surface area contributed by atoms with E-state index in [1.54, 1.807) is 0 Å². The lowest BCUT2D eigenvalue weighted by atomic mass is 10.2. The third-order valence-electron chi connectivity index (χ3n) is 3.55. The summed E-state index contributed by atoms with van der Waals surface area (Å²) >= 11 is 0. The largest absolute Gasteiger partial charge is 0.489 e. The molecule has 0 spiro atoms. The fraction of sp³-hybridized carbons (Fsp3) is 0.438. The first-order valence-corrected chi connectivity index (χ1v) is 7.10. The van der Waals surface area contributed by atoms with Crippen molar-refractivity contribution in [3.8, 4) is 5.75 Å². The minimum absolute atomic E-state index is 0.238. The van der Waals surface area contributed by atoms with E-state index in [4.69, 9.17) is 4.74 Å². The van der Waals surface area contributed by atoms with Gasteiger partial charge in [-0.3, -0.25) is 4.98 Å². The van der Waals surface area contributed by atoms with Crippen LogP contribution in [0.3, 0.4) is 0 Å². The van der Waals surface area contributed by atoms with Crippen molar-refractivity contribution in [3.63, 3.8) is 0 Å². The zero-order valence-corrected chi connectivity index (χ0v) is 11.3. The van der Waals surface area contributed by atoms with Gasteiger partial charge in [0.05, 0.1) is 5.52 Å². The molecule has 0 radical (unpaired) electrons. The van der Waals surface area contributed by atoms with E-state index in [9.17, 15) is 0 Å². The number of aromatic nitrogens is 1. The van der Waals surface area contributed by atoms with Crippen molar-refractivity contribution in [2.24, 2.45) is 0 Å². The van der Waals surface area contributed by atoms with E-state index in [-0.39, 0.29) is 6.10 Å². The highest BCUT2D eigenvalue weighted by Crippen LogP contribution is 2.21. The van der Waals surface area contributed by atoms with Gasteiger partial charge >= 0.3 is 0 Å². The predicted molar refractivity (Wildman–Crippen MR) is 77.5 cm³/mol. The van der Waals surface area contributed by atoms with Crippen molar-refractivity contribution >= 4 is 10.9 Å². The van der Waals surface area contributed by atoms with Gasteiger partial charge in [0.2, 0.25) is 0 Å². The maximum Gasteiger partial charge on any atom is 0.121 e. The molecule has 2 aromatic rings. The number of nitrogens with one attached hydrogen (secondary N) is 1. The van der Waals surface area contributed by atoms with Crippen molar-refractivity contribution in [3.05, 3.63) is 36.5 Å². The fourth-order valence-electron chi connectivity index (χ4n) is 2.17. The molecular formula is C16H20N2O. The van der Waals surface area contributed by atoms with Gasteiger partial charge in [-0.25, -0.2) is 0 Å². The summed E-state index contributed by atoms with van der Waals surface area (Å²) in [4.78, 5) is 4.36. The van der Waals surface area contributed by atoms with Crippen LogP contribution in [-0.4, -0.2) is 23.7 Å². The van der Waals surface area contributed by atoms with Crippen LogP contribution in [0.5, 0.6) is 5.75 Å². The number of nitrogens with zero attached hydrogens (tertiary/aromatic N) is 1. The van der Waals surface area contributed by atoms with Gasteiger partial charge in [-0.1, -0.05) is 13.0 Å². The maximum atomic E-state index is 6.05. The lowest BCUT2D eigenvalue weighted by Gasteiger charge is -2.18. The minimum atomic E-state index is 0.238. The van der Waals surface area contributed by atoms with Gasteiger partial charge in [0.1, 0.15) is 11.9 Å². The molecule has 1 fully saturated rings. The zero-order chi connectivity index (χ0) is 13.1. The Morgan fingerprint density at radius 1 is 1.37 bits per heavy atom. The van der Waals surface area contributed by atoms with E-state index in [2.05, 4.69) is 29.4 Å². The second-order valence-electron chi connectivity index (χ2n) is 5.19. The highest BCUT2D eigenvalue weighted by Gasteiger charge is 2.21. The second-order valence-corrected chi connectivity index (χ2v) is 5.19. The molecule has 3 rings (SSSR count). The van der Waals surface area contributed by atoms with Gasteiger partial charge in [0, 0.05) is 30.2 Å². The summed E-state index contributed by atoms with van der Waals surface area (Å²) in [5.74, 6) is 0.913. The summed E-state index contributed by atoms with van der Waals surface area (Å²) in [6.45, 7) is 3.10. The normalized spacial score (nSPS) is 16.5. The quantitative estimate of drug-likeness (QED) is 0.862. The third kappa shape index (κ3) is 3.24. The molecule has 0 aliphatic heterocycles. The van der Waals surface area contributed by atoms with Crippen LogP contribution in [0.15, 0.2) is 36.5 Å². The molecule has 0 amide bonds. The molecule has 1 aromatic carbocycles. The number of ether oxygens (including phenoxy) is 1. The van der Waals surface area contributed by atoms with E-state index in [1.165, 1.54) is 12.8 Å². The van der Waals surface area contributed by atoms with Crippen molar-refractivity contribution in [1.82, 2.24) is 10.3 Å². The average Bonchev–Trinajstić information content (AvgIpc) is 3.27. The summed E-state index contributed by atoms with van der Waals surface area (Å²) in [6, 6.07) is 10.9. The molecule has 3 heteroatoms. The van der Waals surface area contributed by atoms with Crippen LogP contribution in [0.25, 0.3) is 10.9 Å². The first-order chi connectivity index (χ1) is 9.35. The monoisotopic (exact) mass is 256 g/mol. The molecule has 1 atom stereocenters. The number of hydrogen-bond donors (Lipinski definition) is 1. The van der Waals surface area contributed by atoms with Crippen molar-refractivity contribution < 1.29 is 4.74 Å². The maximum absolute atomic E-state index is 6.05. The Kier molecular flexibility index (Phi) is 3.65. The number of fused-ring (bicyclic) bond motifs is 1. The molecule has 1 unspecified atom stereocenters. The molecule has 1 N–H and O–H groups in total. The molecule has 1 aromatic heterocycles. The first kappa shape index (κ1) is 12.4. The molecular weight excluding hydrogens is 236 g/mol. The Morgan fingerprint density at radius 2 is 2.26 bits per heavy atom. The van der Waals surface area contributed by atoms with Gasteiger partial charge in [0.15, 0.2) is 0 Å². The van der Waals surface area contributed by atoms with E-state index in [0.717, 1.165) is 35.7 Å². The molecule has 19 heavy (non-hydrogen) atoms. The van der Waals surface area contributed by atoms with E-state index in [1.807, 2.05) is 24.4 Å². The number of pyridine rings is 1. The number of benzene rings is 1. The summed E-state index contributed by atoms with van der Waals surface area (Å²) in [5, 5.41) is 4.68. The standard InChI is InChI=1S/C16H20N2O/c1-2-14(11-18-13-6-7-13)19-15-8-5-12-4-3-9-17-16(12)10-15/h3-5,8-10,13-14,18H,2,6-7,11H2,1H3. The van der Waals surface area contributed by atoms with Crippen molar-refractivity contribution in [2.45, 2.75) is 38.3 Å². The summed E-state index contributed by atoms with van der Waals surface area (Å²) in [7, 11) is 0. The molecule has 100 valence electrons. The van der Waals surface area contributed by atoms with E-state index >= 15 is 0 Å². The number of rotatable bonds is 6. The third-order valence-corrected chi connectivity index (χ3v) is 3.55. The molecule has 1 heterocycles. The smallest absolute Gasteiger partial charge is 0.121 e. The topological polar surface area (TPSA) is 34.1 Å². The number of hydrogen-bond acceptors (Lipinski definition) is 3. The van der Waals surface area contributed by atoms with Gasteiger partial charge in [0.25, 0.3) is 0 Å². The summed E-state index contributed by atoms with van der Waals surface area (Å²) in [6.07, 6.45) is 5.70. The summed E-state index contributed by atoms with van der Waals surface area (Å²) in [5.41, 5.74) is 0.991. The summed E-state index contributed by atoms with van der Waals surface area (Å²) < 4.78 is 6.05. The SMILES string of the molecule is CCC(CNC1CC1)Oc1ccc2cccnc2c1. The van der Waals surface area contributed by atoms with Crippen LogP contribution >= 0.6 is 0 Å². The van der Waals surface area contributed by atoms with Crippen LogP contribution in [0.4, 0.5) is 0 Å². The lowest BCUT2D eigenvalue weighted by molar-refractivity contribution is 0.193. The average molecular weight is 256 g/mol. The first-order valence-electron chi connectivity index (χ1n) is 7.10. The van der Waals surface area contributed by atoms with Crippen LogP contribution < -0.4 is 10.1 Å². The van der Waals surface area contributed by atoms with Gasteiger partial charge in [-0.2, -0.15) is 0 Å². The van der Waals surface area contributed by atoms with Crippen molar-refractivity contribution in [1.29, 1.82) is 0 Å². The molecule has 1 aliphatic rings.